The summed E-state index contributed by atoms with van der Waals surface area (Å²) in [6.07, 6.45) is 4.76. The van der Waals surface area contributed by atoms with Crippen molar-refractivity contribution >= 4 is 15.9 Å². The Morgan fingerprint density at radius 2 is 2.19 bits per heavy atom. The zero-order valence-electron chi connectivity index (χ0n) is 10.2. The highest BCUT2D eigenvalue weighted by atomic mass is 79.9. The Balaban J connectivity index is 2.08. The summed E-state index contributed by atoms with van der Waals surface area (Å²) in [4.78, 5) is 0. The molecule has 3 nitrogen and oxygen atoms in total. The predicted molar refractivity (Wildman–Crippen MR) is 68.2 cm³/mol. The van der Waals surface area contributed by atoms with Crippen LogP contribution in [0.15, 0.2) is 0 Å². The molecule has 0 amide bonds. The second-order valence-corrected chi connectivity index (χ2v) is 5.06. The fraction of sp³-hybridized carbons (Fsp3) is 1.00. The summed E-state index contributed by atoms with van der Waals surface area (Å²) in [5.74, 6) is 0. The van der Waals surface area contributed by atoms with Gasteiger partial charge in [0.25, 0.3) is 0 Å². The van der Waals surface area contributed by atoms with E-state index < -0.39 is 0 Å². The van der Waals surface area contributed by atoms with Crippen LogP contribution in [0.2, 0.25) is 0 Å². The van der Waals surface area contributed by atoms with Crippen molar-refractivity contribution in [1.29, 1.82) is 0 Å². The van der Waals surface area contributed by atoms with Crippen molar-refractivity contribution in [1.82, 2.24) is 0 Å². The van der Waals surface area contributed by atoms with E-state index in [0.717, 1.165) is 31.6 Å². The molecule has 1 unspecified atom stereocenters. The zero-order valence-corrected chi connectivity index (χ0v) is 11.8. The molecule has 0 N–H and O–H groups in total. The second kappa shape index (κ2) is 8.45. The largest absolute Gasteiger partial charge is 0.382 e. The van der Waals surface area contributed by atoms with Crippen LogP contribution in [0.5, 0.6) is 0 Å². The van der Waals surface area contributed by atoms with Gasteiger partial charge in [-0.25, -0.2) is 0 Å². The molecular weight excluding hydrogens is 272 g/mol. The van der Waals surface area contributed by atoms with Crippen LogP contribution in [0.25, 0.3) is 0 Å². The van der Waals surface area contributed by atoms with Crippen LogP contribution in [0, 0.1) is 5.41 Å². The van der Waals surface area contributed by atoms with Crippen LogP contribution in [0.1, 0.15) is 25.7 Å². The van der Waals surface area contributed by atoms with E-state index in [1.165, 1.54) is 19.3 Å². The molecule has 0 aliphatic carbocycles. The van der Waals surface area contributed by atoms with Gasteiger partial charge in [0.15, 0.2) is 0 Å². The first-order valence-electron chi connectivity index (χ1n) is 6.03. The lowest BCUT2D eigenvalue weighted by Crippen LogP contribution is -2.33. The minimum absolute atomic E-state index is 0.350. The molecule has 0 aromatic rings. The molecule has 1 aliphatic heterocycles. The van der Waals surface area contributed by atoms with E-state index in [1.807, 2.05) is 0 Å². The van der Waals surface area contributed by atoms with Crippen LogP contribution in [-0.4, -0.2) is 45.5 Å². The molecule has 1 aliphatic rings. The van der Waals surface area contributed by atoms with Crippen molar-refractivity contribution in [3.8, 4) is 0 Å². The standard InChI is InChI=1S/C12H23BrO3/c1-14-8-9-15-6-2-4-12(10-13)5-3-7-16-11-12/h2-11H2,1H3. The highest BCUT2D eigenvalue weighted by Gasteiger charge is 2.31. The quantitative estimate of drug-likeness (QED) is 0.509. The summed E-state index contributed by atoms with van der Waals surface area (Å²) in [6.45, 7) is 4.05. The lowest BCUT2D eigenvalue weighted by molar-refractivity contribution is -0.00547. The zero-order chi connectivity index (χ0) is 11.7. The van der Waals surface area contributed by atoms with Crippen molar-refractivity contribution in [2.75, 3.05) is 45.5 Å². The Kier molecular flexibility index (Phi) is 7.62. The van der Waals surface area contributed by atoms with E-state index in [4.69, 9.17) is 14.2 Å². The molecule has 0 aromatic heterocycles. The lowest BCUT2D eigenvalue weighted by atomic mass is 9.80. The number of hydrogen-bond acceptors (Lipinski definition) is 3. The fourth-order valence-electron chi connectivity index (χ4n) is 2.07. The van der Waals surface area contributed by atoms with E-state index in [9.17, 15) is 0 Å². The number of methoxy groups -OCH3 is 1. The number of alkyl halides is 1. The van der Waals surface area contributed by atoms with Crippen LogP contribution < -0.4 is 0 Å². The molecule has 4 heteroatoms. The maximum Gasteiger partial charge on any atom is 0.0700 e. The summed E-state index contributed by atoms with van der Waals surface area (Å²) >= 11 is 3.62. The van der Waals surface area contributed by atoms with Gasteiger partial charge in [-0.1, -0.05) is 15.9 Å². The second-order valence-electron chi connectivity index (χ2n) is 4.50. The number of hydrogen-bond donors (Lipinski definition) is 0. The molecule has 0 spiro atoms. The SMILES string of the molecule is COCCOCCCC1(CBr)CCCOC1. The van der Waals surface area contributed by atoms with Crippen molar-refractivity contribution in [2.45, 2.75) is 25.7 Å². The van der Waals surface area contributed by atoms with E-state index in [-0.39, 0.29) is 0 Å². The summed E-state index contributed by atoms with van der Waals surface area (Å²) < 4.78 is 16.0. The van der Waals surface area contributed by atoms with Gasteiger partial charge < -0.3 is 14.2 Å². The molecule has 1 rings (SSSR count). The van der Waals surface area contributed by atoms with Gasteiger partial charge in [0, 0.05) is 31.1 Å². The highest BCUT2D eigenvalue weighted by Crippen LogP contribution is 2.35. The van der Waals surface area contributed by atoms with Crippen LogP contribution in [0.3, 0.4) is 0 Å². The topological polar surface area (TPSA) is 27.7 Å². The van der Waals surface area contributed by atoms with Gasteiger partial charge in [0.2, 0.25) is 0 Å². The lowest BCUT2D eigenvalue weighted by Gasteiger charge is -2.35. The molecule has 1 heterocycles. The van der Waals surface area contributed by atoms with Gasteiger partial charge >= 0.3 is 0 Å². The maximum atomic E-state index is 5.58. The van der Waals surface area contributed by atoms with Gasteiger partial charge in [-0.15, -0.1) is 0 Å². The van der Waals surface area contributed by atoms with Crippen LogP contribution in [-0.2, 0) is 14.2 Å². The van der Waals surface area contributed by atoms with Gasteiger partial charge in [-0.05, 0) is 25.7 Å². The van der Waals surface area contributed by atoms with E-state index in [1.54, 1.807) is 7.11 Å². The number of rotatable bonds is 8. The Bertz CT molecular complexity index is 170. The average Bonchev–Trinajstić information content (AvgIpc) is 2.35. The van der Waals surface area contributed by atoms with Crippen molar-refractivity contribution in [3.05, 3.63) is 0 Å². The smallest absolute Gasteiger partial charge is 0.0700 e. The van der Waals surface area contributed by atoms with Gasteiger partial charge in [0.05, 0.1) is 19.8 Å². The molecule has 0 bridgehead atoms. The van der Waals surface area contributed by atoms with E-state index >= 15 is 0 Å². The summed E-state index contributed by atoms with van der Waals surface area (Å²) in [5.41, 5.74) is 0.350. The van der Waals surface area contributed by atoms with Gasteiger partial charge in [-0.3, -0.25) is 0 Å². The van der Waals surface area contributed by atoms with Crippen molar-refractivity contribution in [2.24, 2.45) is 5.41 Å². The Labute approximate surface area is 107 Å². The number of ether oxygens (including phenoxy) is 3. The predicted octanol–water partition coefficient (Wildman–Crippen LogP) is 2.62. The third-order valence-electron chi connectivity index (χ3n) is 3.12. The van der Waals surface area contributed by atoms with Crippen molar-refractivity contribution < 1.29 is 14.2 Å². The molecule has 1 saturated heterocycles. The summed E-state index contributed by atoms with van der Waals surface area (Å²) in [6, 6.07) is 0. The number of halogens is 1. The van der Waals surface area contributed by atoms with E-state index in [2.05, 4.69) is 15.9 Å². The molecule has 0 aromatic carbocycles. The molecule has 1 fully saturated rings. The average molecular weight is 295 g/mol. The monoisotopic (exact) mass is 294 g/mol. The summed E-state index contributed by atoms with van der Waals surface area (Å²) in [7, 11) is 1.70. The minimum atomic E-state index is 0.350. The van der Waals surface area contributed by atoms with Crippen LogP contribution >= 0.6 is 15.9 Å². The molecular formula is C12H23BrO3. The molecule has 1 atom stereocenters. The van der Waals surface area contributed by atoms with Gasteiger partial charge in [0.1, 0.15) is 0 Å². The Morgan fingerprint density at radius 3 is 2.81 bits per heavy atom. The molecule has 16 heavy (non-hydrogen) atoms. The maximum absolute atomic E-state index is 5.58. The molecule has 0 radical (unpaired) electrons. The normalized spacial score (nSPS) is 25.9. The third kappa shape index (κ3) is 5.13. The first kappa shape index (κ1) is 14.4. The van der Waals surface area contributed by atoms with E-state index in [0.29, 0.717) is 18.6 Å². The Morgan fingerprint density at radius 1 is 1.31 bits per heavy atom. The van der Waals surface area contributed by atoms with Crippen molar-refractivity contribution in [3.63, 3.8) is 0 Å². The first-order valence-corrected chi connectivity index (χ1v) is 7.15. The first-order chi connectivity index (χ1) is 7.83. The third-order valence-corrected chi connectivity index (χ3v) is 4.30. The Hall–Kier alpha value is 0.360. The molecule has 96 valence electrons. The molecule has 0 saturated carbocycles. The fourth-order valence-corrected chi connectivity index (χ4v) is 2.80. The summed E-state index contributed by atoms with van der Waals surface area (Å²) in [5, 5.41) is 1.04. The van der Waals surface area contributed by atoms with Gasteiger partial charge in [-0.2, -0.15) is 0 Å². The minimum Gasteiger partial charge on any atom is -0.382 e. The van der Waals surface area contributed by atoms with Crippen LogP contribution in [0.4, 0.5) is 0 Å². The highest BCUT2D eigenvalue weighted by molar-refractivity contribution is 9.09.